The van der Waals surface area contributed by atoms with Crippen molar-refractivity contribution >= 4 is 11.6 Å². The number of hydrogen-bond acceptors (Lipinski definition) is 2. The van der Waals surface area contributed by atoms with Gasteiger partial charge in [0.05, 0.1) is 6.61 Å². The second-order valence-corrected chi connectivity index (χ2v) is 3.76. The van der Waals surface area contributed by atoms with E-state index in [1.54, 1.807) is 0 Å². The molecule has 70 valence electrons. The summed E-state index contributed by atoms with van der Waals surface area (Å²) in [5, 5.41) is 4.04. The maximum absolute atomic E-state index is 5.90. The molecule has 1 atom stereocenters. The van der Waals surface area contributed by atoms with Crippen molar-refractivity contribution < 1.29 is 4.74 Å². The summed E-state index contributed by atoms with van der Waals surface area (Å²) in [5.41, 5.74) is 0.725. The van der Waals surface area contributed by atoms with E-state index in [4.69, 9.17) is 16.3 Å². The van der Waals surface area contributed by atoms with Gasteiger partial charge in [-0.25, -0.2) is 0 Å². The topological polar surface area (TPSA) is 21.3 Å². The normalized spacial score (nSPS) is 27.8. The highest BCUT2D eigenvalue weighted by molar-refractivity contribution is 6.30. The predicted octanol–water partition coefficient (Wildman–Crippen LogP) is 2.13. The molecule has 0 aliphatic carbocycles. The van der Waals surface area contributed by atoms with Gasteiger partial charge in [-0.3, -0.25) is 5.32 Å². The van der Waals surface area contributed by atoms with Crippen molar-refractivity contribution in [1.29, 1.82) is 0 Å². The lowest BCUT2D eigenvalue weighted by Gasteiger charge is -2.24. The second kappa shape index (κ2) is 3.29. The van der Waals surface area contributed by atoms with Gasteiger partial charge in [0.2, 0.25) is 0 Å². The molecule has 13 heavy (non-hydrogen) atoms. The second-order valence-electron chi connectivity index (χ2n) is 3.32. The van der Waals surface area contributed by atoms with Crippen LogP contribution in [0.5, 0.6) is 0 Å². The van der Waals surface area contributed by atoms with E-state index in [-0.39, 0.29) is 5.72 Å². The Labute approximate surface area is 82.9 Å². The van der Waals surface area contributed by atoms with Crippen molar-refractivity contribution in [3.63, 3.8) is 0 Å². The van der Waals surface area contributed by atoms with Crippen LogP contribution >= 0.6 is 11.6 Å². The van der Waals surface area contributed by atoms with E-state index >= 15 is 0 Å². The molecule has 1 N–H and O–H groups in total. The zero-order valence-electron chi connectivity index (χ0n) is 7.51. The number of benzene rings is 1. The van der Waals surface area contributed by atoms with E-state index in [1.807, 2.05) is 31.2 Å². The van der Waals surface area contributed by atoms with E-state index in [1.165, 1.54) is 0 Å². The minimum Gasteiger partial charge on any atom is -0.355 e. The highest BCUT2D eigenvalue weighted by Crippen LogP contribution is 2.26. The van der Waals surface area contributed by atoms with E-state index in [0.717, 1.165) is 23.7 Å². The average molecular weight is 198 g/mol. The molecule has 0 spiro atoms. The Balaban J connectivity index is 2.33. The van der Waals surface area contributed by atoms with Crippen LogP contribution in [0.3, 0.4) is 0 Å². The average Bonchev–Trinajstić information content (AvgIpc) is 2.54. The van der Waals surface area contributed by atoms with Crippen LogP contribution in [0, 0.1) is 0 Å². The fourth-order valence-corrected chi connectivity index (χ4v) is 1.76. The van der Waals surface area contributed by atoms with E-state index in [0.29, 0.717) is 0 Å². The first kappa shape index (κ1) is 9.00. The smallest absolute Gasteiger partial charge is 0.142 e. The molecule has 0 aromatic heterocycles. The molecular weight excluding hydrogens is 186 g/mol. The molecule has 1 aliphatic rings. The third-order valence-corrected chi connectivity index (χ3v) is 2.57. The molecule has 1 heterocycles. The number of ether oxygens (including phenoxy) is 1. The van der Waals surface area contributed by atoms with Crippen molar-refractivity contribution in [2.45, 2.75) is 12.6 Å². The number of halogens is 1. The molecule has 1 aliphatic heterocycles. The number of nitrogens with one attached hydrogen (secondary N) is 1. The summed E-state index contributed by atoms with van der Waals surface area (Å²) in [4.78, 5) is 0. The third kappa shape index (κ3) is 1.70. The highest BCUT2D eigenvalue weighted by Gasteiger charge is 2.30. The molecular formula is C10H12ClNO. The van der Waals surface area contributed by atoms with Crippen LogP contribution in [0.4, 0.5) is 0 Å². The Hall–Kier alpha value is -0.570. The van der Waals surface area contributed by atoms with Crippen molar-refractivity contribution in [2.24, 2.45) is 0 Å². The van der Waals surface area contributed by atoms with Crippen molar-refractivity contribution in [2.75, 3.05) is 13.2 Å². The van der Waals surface area contributed by atoms with Crippen molar-refractivity contribution in [3.05, 3.63) is 34.9 Å². The maximum atomic E-state index is 5.90. The molecule has 3 heteroatoms. The van der Waals surface area contributed by atoms with Crippen LogP contribution in [-0.4, -0.2) is 13.2 Å². The molecule has 2 rings (SSSR count). The molecule has 1 unspecified atom stereocenters. The first-order valence-electron chi connectivity index (χ1n) is 4.36. The van der Waals surface area contributed by atoms with Gasteiger partial charge in [0.1, 0.15) is 5.72 Å². The van der Waals surface area contributed by atoms with Gasteiger partial charge in [-0.1, -0.05) is 23.7 Å². The molecule has 1 aromatic rings. The van der Waals surface area contributed by atoms with E-state index < -0.39 is 0 Å². The maximum Gasteiger partial charge on any atom is 0.142 e. The zero-order chi connectivity index (χ0) is 9.31. The minimum absolute atomic E-state index is 0.356. The van der Waals surface area contributed by atoms with Crippen molar-refractivity contribution in [3.8, 4) is 0 Å². The van der Waals surface area contributed by atoms with Gasteiger partial charge in [-0.2, -0.15) is 0 Å². The SMILES string of the molecule is CC1(c2cccc(Cl)c2)NCCO1. The highest BCUT2D eigenvalue weighted by atomic mass is 35.5. The first-order chi connectivity index (χ1) is 6.21. The summed E-state index contributed by atoms with van der Waals surface area (Å²) >= 11 is 5.90. The molecule has 1 saturated heterocycles. The summed E-state index contributed by atoms with van der Waals surface area (Å²) in [5.74, 6) is 0. The van der Waals surface area contributed by atoms with Crippen LogP contribution in [0.1, 0.15) is 12.5 Å². The molecule has 2 nitrogen and oxygen atoms in total. The van der Waals surface area contributed by atoms with Crippen LogP contribution in [0.2, 0.25) is 5.02 Å². The molecule has 0 saturated carbocycles. The molecule has 1 fully saturated rings. The number of rotatable bonds is 1. The Morgan fingerprint density at radius 3 is 3.00 bits per heavy atom. The Morgan fingerprint density at radius 1 is 1.54 bits per heavy atom. The Bertz CT molecular complexity index is 308. The standard InChI is InChI=1S/C10H12ClNO/c1-10(12-5-6-13-10)8-3-2-4-9(11)7-8/h2-4,7,12H,5-6H2,1H3. The van der Waals surface area contributed by atoms with Gasteiger partial charge in [-0.15, -0.1) is 0 Å². The van der Waals surface area contributed by atoms with Gasteiger partial charge in [0, 0.05) is 11.6 Å². The van der Waals surface area contributed by atoms with Gasteiger partial charge >= 0.3 is 0 Å². The Morgan fingerprint density at radius 2 is 2.38 bits per heavy atom. The van der Waals surface area contributed by atoms with Gasteiger partial charge in [0.25, 0.3) is 0 Å². The van der Waals surface area contributed by atoms with Crippen LogP contribution in [-0.2, 0) is 10.5 Å². The van der Waals surface area contributed by atoms with Crippen LogP contribution < -0.4 is 5.32 Å². The third-order valence-electron chi connectivity index (χ3n) is 2.33. The fourth-order valence-electron chi connectivity index (χ4n) is 1.57. The van der Waals surface area contributed by atoms with Crippen LogP contribution in [0.25, 0.3) is 0 Å². The largest absolute Gasteiger partial charge is 0.355 e. The first-order valence-corrected chi connectivity index (χ1v) is 4.73. The van der Waals surface area contributed by atoms with Gasteiger partial charge < -0.3 is 4.74 Å². The van der Waals surface area contributed by atoms with Crippen molar-refractivity contribution in [1.82, 2.24) is 5.32 Å². The zero-order valence-corrected chi connectivity index (χ0v) is 8.27. The molecule has 0 bridgehead atoms. The lowest BCUT2D eigenvalue weighted by molar-refractivity contribution is 0.00248. The lowest BCUT2D eigenvalue weighted by atomic mass is 10.1. The van der Waals surface area contributed by atoms with Crippen LogP contribution in [0.15, 0.2) is 24.3 Å². The van der Waals surface area contributed by atoms with Gasteiger partial charge in [-0.05, 0) is 24.6 Å². The number of hydrogen-bond donors (Lipinski definition) is 1. The monoisotopic (exact) mass is 197 g/mol. The summed E-state index contributed by atoms with van der Waals surface area (Å²) in [6.45, 7) is 3.66. The molecule has 1 aromatic carbocycles. The summed E-state index contributed by atoms with van der Waals surface area (Å²) in [6.07, 6.45) is 0. The van der Waals surface area contributed by atoms with E-state index in [2.05, 4.69) is 5.32 Å². The van der Waals surface area contributed by atoms with Gasteiger partial charge in [0.15, 0.2) is 0 Å². The lowest BCUT2D eigenvalue weighted by Crippen LogP contribution is -2.34. The molecule has 0 amide bonds. The summed E-state index contributed by atoms with van der Waals surface area (Å²) in [6, 6.07) is 7.75. The van der Waals surface area contributed by atoms with E-state index in [9.17, 15) is 0 Å². The predicted molar refractivity (Wildman–Crippen MR) is 52.8 cm³/mol. The molecule has 0 radical (unpaired) electrons. The fraction of sp³-hybridized carbons (Fsp3) is 0.400. The Kier molecular flexibility index (Phi) is 2.28. The summed E-state index contributed by atoms with van der Waals surface area (Å²) < 4.78 is 5.61. The quantitative estimate of drug-likeness (QED) is 0.745. The minimum atomic E-state index is -0.356. The summed E-state index contributed by atoms with van der Waals surface area (Å²) in [7, 11) is 0.